The quantitative estimate of drug-likeness (QED) is 0.517. The van der Waals surface area contributed by atoms with E-state index in [9.17, 15) is 4.57 Å². The largest absolute Gasteiger partial charge is 0.486 e. The predicted octanol–water partition coefficient (Wildman–Crippen LogP) is 0.485. The molecule has 0 bridgehead atoms. The van der Waals surface area contributed by atoms with Gasteiger partial charge in [-0.15, -0.1) is 0 Å². The first-order chi connectivity index (χ1) is 6.92. The number of rotatable bonds is 3. The van der Waals surface area contributed by atoms with Crippen LogP contribution in [0.5, 0.6) is 0 Å². The van der Waals surface area contributed by atoms with Crippen molar-refractivity contribution in [3.63, 3.8) is 0 Å². The zero-order valence-corrected chi connectivity index (χ0v) is 9.33. The molecule has 0 aliphatic rings. The number of nitrogens with zero attached hydrogens (tertiary/aromatic N) is 2. The zero-order chi connectivity index (χ0) is 11.7. The second-order valence-electron chi connectivity index (χ2n) is 2.76. The lowest BCUT2D eigenvalue weighted by Crippen LogP contribution is -2.21. The van der Waals surface area contributed by atoms with Crippen LogP contribution in [-0.2, 0) is 9.19 Å². The summed E-state index contributed by atoms with van der Waals surface area (Å²) in [5, 5.41) is 0. The molecule has 0 unspecified atom stereocenters. The van der Waals surface area contributed by atoms with E-state index in [-0.39, 0.29) is 6.04 Å². The molecule has 15 heavy (non-hydrogen) atoms. The average molecular weight is 235 g/mol. The van der Waals surface area contributed by atoms with Gasteiger partial charge in [-0.2, -0.15) is 10.1 Å². The van der Waals surface area contributed by atoms with Crippen LogP contribution in [0.4, 0.5) is 0 Å². The highest BCUT2D eigenvalue weighted by Crippen LogP contribution is 2.33. The summed E-state index contributed by atoms with van der Waals surface area (Å²) < 4.78 is 13.9. The normalized spacial score (nSPS) is 10.7. The van der Waals surface area contributed by atoms with Crippen LogP contribution in [0.3, 0.4) is 0 Å². The minimum absolute atomic E-state index is 0.0994. The fourth-order valence-electron chi connectivity index (χ4n) is 0.427. The topological polar surface area (TPSA) is 105 Å². The second kappa shape index (κ2) is 7.44. The maximum atomic E-state index is 9.95. The summed E-state index contributed by atoms with van der Waals surface area (Å²) in [4.78, 5) is 23.5. The number of hydroxylamine groups is 1. The van der Waals surface area contributed by atoms with E-state index >= 15 is 0 Å². The molecule has 1 rings (SSSR count). The van der Waals surface area contributed by atoms with E-state index in [1.807, 2.05) is 0 Å². The number of aromatic nitrogens is 2. The van der Waals surface area contributed by atoms with E-state index in [1.54, 1.807) is 32.3 Å². The molecule has 7 nitrogen and oxygen atoms in total. The molecule has 1 heterocycles. The second-order valence-corrected chi connectivity index (χ2v) is 3.92. The summed E-state index contributed by atoms with van der Waals surface area (Å²) in [6.45, 7) is 3.41. The van der Waals surface area contributed by atoms with Crippen LogP contribution in [0.15, 0.2) is 24.8 Å². The molecule has 3 N–H and O–H groups in total. The van der Waals surface area contributed by atoms with Crippen LogP contribution < -0.4 is 5.48 Å². The number of nitrogens with one attached hydrogen (secondary N) is 1. The van der Waals surface area contributed by atoms with Crippen molar-refractivity contribution in [3.05, 3.63) is 24.8 Å². The zero-order valence-electron chi connectivity index (χ0n) is 8.44. The average Bonchev–Trinajstić information content (AvgIpc) is 2.18. The number of hydrogen-bond donors (Lipinski definition) is 3. The van der Waals surface area contributed by atoms with Crippen molar-refractivity contribution in [1.82, 2.24) is 15.4 Å². The Morgan fingerprint density at radius 1 is 1.33 bits per heavy atom. The van der Waals surface area contributed by atoms with Crippen LogP contribution >= 0.6 is 7.82 Å². The van der Waals surface area contributed by atoms with Gasteiger partial charge in [0.25, 0.3) is 0 Å². The van der Waals surface area contributed by atoms with Crippen LogP contribution in [0.25, 0.3) is 0 Å². The third kappa shape index (κ3) is 13.2. The Kier molecular flexibility index (Phi) is 7.02. The Morgan fingerprint density at radius 2 is 1.87 bits per heavy atom. The first-order valence-electron chi connectivity index (χ1n) is 4.11. The minimum Gasteiger partial charge on any atom is -0.302 e. The summed E-state index contributed by atoms with van der Waals surface area (Å²) in [7, 11) is -4.33. The smallest absolute Gasteiger partial charge is 0.302 e. The van der Waals surface area contributed by atoms with E-state index in [2.05, 4.69) is 20.1 Å². The predicted molar refractivity (Wildman–Crippen MR) is 53.4 cm³/mol. The molecular weight excluding hydrogens is 221 g/mol. The molecule has 0 aliphatic carbocycles. The van der Waals surface area contributed by atoms with Crippen molar-refractivity contribution in [2.24, 2.45) is 0 Å². The van der Waals surface area contributed by atoms with Crippen molar-refractivity contribution in [1.29, 1.82) is 0 Å². The van der Waals surface area contributed by atoms with Crippen molar-refractivity contribution in [3.8, 4) is 0 Å². The molecule has 0 spiro atoms. The van der Waals surface area contributed by atoms with E-state index < -0.39 is 7.82 Å². The minimum atomic E-state index is -4.33. The lowest BCUT2D eigenvalue weighted by Gasteiger charge is -2.07. The molecule has 0 amide bonds. The van der Waals surface area contributed by atoms with Gasteiger partial charge < -0.3 is 9.79 Å². The fourth-order valence-corrected chi connectivity index (χ4v) is 0.776. The Balaban J connectivity index is 0.000000280. The SMILES string of the molecule is CC(C)NOP(=O)(O)O.c1cncnc1. The van der Waals surface area contributed by atoms with Gasteiger partial charge in [-0.05, 0) is 19.9 Å². The molecule has 1 aromatic rings. The highest BCUT2D eigenvalue weighted by molar-refractivity contribution is 7.46. The summed E-state index contributed by atoms with van der Waals surface area (Å²) in [5.74, 6) is 0. The maximum absolute atomic E-state index is 9.95. The van der Waals surface area contributed by atoms with Crippen molar-refractivity contribution in [2.45, 2.75) is 19.9 Å². The number of phosphoric acid groups is 1. The van der Waals surface area contributed by atoms with Crippen molar-refractivity contribution in [2.75, 3.05) is 0 Å². The standard InChI is InChI=1S/C4H4N2.C3H10NO4P/c1-2-5-4-6-3-1;1-3(2)4-8-9(5,6)7/h1-4H;3-4H,1-2H3,(H2,5,6,7). The third-order valence-corrected chi connectivity index (χ3v) is 1.23. The van der Waals surface area contributed by atoms with Gasteiger partial charge in [-0.3, -0.25) is 0 Å². The third-order valence-electron chi connectivity index (χ3n) is 0.885. The molecule has 0 aliphatic heterocycles. The van der Waals surface area contributed by atoms with Crippen LogP contribution in [0.2, 0.25) is 0 Å². The lowest BCUT2D eigenvalue weighted by molar-refractivity contribution is 0.107. The van der Waals surface area contributed by atoms with Gasteiger partial charge in [-0.25, -0.2) is 14.5 Å². The number of hydrogen-bond acceptors (Lipinski definition) is 5. The van der Waals surface area contributed by atoms with Crippen LogP contribution in [-0.4, -0.2) is 25.8 Å². The first kappa shape index (κ1) is 14.2. The molecule has 0 saturated heterocycles. The summed E-state index contributed by atoms with van der Waals surface area (Å²) in [6.07, 6.45) is 4.88. The van der Waals surface area contributed by atoms with Crippen molar-refractivity contribution >= 4 is 7.82 Å². The Morgan fingerprint density at radius 3 is 2.00 bits per heavy atom. The van der Waals surface area contributed by atoms with Gasteiger partial charge in [0.05, 0.1) is 0 Å². The van der Waals surface area contributed by atoms with Gasteiger partial charge in [0.15, 0.2) is 0 Å². The molecule has 0 fully saturated rings. The fraction of sp³-hybridized carbons (Fsp3) is 0.429. The summed E-state index contributed by atoms with van der Waals surface area (Å²) in [6, 6.07) is 1.68. The monoisotopic (exact) mass is 235 g/mol. The molecule has 86 valence electrons. The molecule has 0 radical (unpaired) electrons. The van der Waals surface area contributed by atoms with E-state index in [0.717, 1.165) is 0 Å². The Hall–Kier alpha value is -0.850. The van der Waals surface area contributed by atoms with Crippen molar-refractivity contribution < 1.29 is 19.0 Å². The van der Waals surface area contributed by atoms with Crippen LogP contribution in [0, 0.1) is 0 Å². The molecule has 1 aromatic heterocycles. The maximum Gasteiger partial charge on any atom is 0.486 e. The Bertz CT molecular complexity index is 263. The van der Waals surface area contributed by atoms with E-state index in [0.29, 0.717) is 0 Å². The van der Waals surface area contributed by atoms with E-state index in [1.165, 1.54) is 6.33 Å². The van der Waals surface area contributed by atoms with Crippen LogP contribution in [0.1, 0.15) is 13.8 Å². The van der Waals surface area contributed by atoms with E-state index in [4.69, 9.17) is 9.79 Å². The first-order valence-corrected chi connectivity index (χ1v) is 5.64. The molecule has 0 aromatic carbocycles. The van der Waals surface area contributed by atoms with Gasteiger partial charge >= 0.3 is 7.82 Å². The highest BCUT2D eigenvalue weighted by atomic mass is 31.2. The molecular formula is C7H14N3O4P. The summed E-state index contributed by atoms with van der Waals surface area (Å²) >= 11 is 0. The van der Waals surface area contributed by atoms with Gasteiger partial charge in [0, 0.05) is 18.4 Å². The van der Waals surface area contributed by atoms with Gasteiger partial charge in [0.1, 0.15) is 6.33 Å². The molecule has 8 heteroatoms. The van der Waals surface area contributed by atoms with Gasteiger partial charge in [-0.1, -0.05) is 0 Å². The van der Waals surface area contributed by atoms with Gasteiger partial charge in [0.2, 0.25) is 0 Å². The molecule has 0 atom stereocenters. The highest BCUT2D eigenvalue weighted by Gasteiger charge is 2.13. The lowest BCUT2D eigenvalue weighted by atomic mass is 10.4. The summed E-state index contributed by atoms with van der Waals surface area (Å²) in [5.41, 5.74) is 2.12. The Labute approximate surface area is 87.7 Å². The molecule has 0 saturated carbocycles.